The summed E-state index contributed by atoms with van der Waals surface area (Å²) in [5.41, 5.74) is 2.11. The van der Waals surface area contributed by atoms with Crippen LogP contribution in [0.25, 0.3) is 11.0 Å². The van der Waals surface area contributed by atoms with Gasteiger partial charge in [0, 0.05) is 13.1 Å². The largest absolute Gasteiger partial charge is 0.463 e. The van der Waals surface area contributed by atoms with E-state index in [0.29, 0.717) is 18.7 Å². The summed E-state index contributed by atoms with van der Waals surface area (Å²) in [6, 6.07) is 9.29. The minimum Gasteiger partial charge on any atom is -0.463 e. The molecule has 1 aromatic heterocycles. The van der Waals surface area contributed by atoms with Crippen LogP contribution in [0, 0.1) is 0 Å². The smallest absolute Gasteiger partial charge is 0.297 e. The lowest BCUT2D eigenvalue weighted by Crippen LogP contribution is -2.38. The maximum Gasteiger partial charge on any atom is 0.297 e. The van der Waals surface area contributed by atoms with Crippen LogP contribution in [-0.4, -0.2) is 28.7 Å². The predicted octanol–water partition coefficient (Wildman–Crippen LogP) is 2.09. The van der Waals surface area contributed by atoms with Crippen LogP contribution in [0.2, 0.25) is 0 Å². The number of hydrogen-bond acceptors (Lipinski definition) is 3. The number of piperidine rings is 1. The number of rotatable bonds is 3. The summed E-state index contributed by atoms with van der Waals surface area (Å²) in [6.07, 6.45) is 3.77. The highest BCUT2D eigenvalue weighted by molar-refractivity contribution is 5.76. The van der Waals surface area contributed by atoms with Crippen molar-refractivity contribution in [3.63, 3.8) is 0 Å². The minimum absolute atomic E-state index is 0.471. The Balaban J connectivity index is 1.72. The average Bonchev–Trinajstić information content (AvgIpc) is 2.75. The van der Waals surface area contributed by atoms with Crippen molar-refractivity contribution < 1.29 is 4.74 Å². The van der Waals surface area contributed by atoms with Crippen molar-refractivity contribution in [1.82, 2.24) is 14.9 Å². The van der Waals surface area contributed by atoms with Crippen LogP contribution < -0.4 is 10.1 Å². The summed E-state index contributed by atoms with van der Waals surface area (Å²) in [5, 5.41) is 3.48. The number of aryl methyl sites for hydroxylation is 1. The first kappa shape index (κ1) is 11.5. The Hall–Kier alpha value is -1.55. The molecule has 1 saturated heterocycles. The molecule has 96 valence electrons. The topological polar surface area (TPSA) is 39.1 Å². The summed E-state index contributed by atoms with van der Waals surface area (Å²) in [4.78, 5) is 4.51. The summed E-state index contributed by atoms with van der Waals surface area (Å²) in [7, 11) is 2.00. The van der Waals surface area contributed by atoms with Crippen molar-refractivity contribution in [3.05, 3.63) is 24.3 Å². The van der Waals surface area contributed by atoms with E-state index < -0.39 is 0 Å². The fourth-order valence-electron chi connectivity index (χ4n) is 2.49. The zero-order valence-corrected chi connectivity index (χ0v) is 10.7. The average molecular weight is 245 g/mol. The summed E-state index contributed by atoms with van der Waals surface area (Å²) < 4.78 is 7.86. The molecular formula is C14H19N3O. The quantitative estimate of drug-likeness (QED) is 0.900. The Morgan fingerprint density at radius 1 is 1.39 bits per heavy atom. The predicted molar refractivity (Wildman–Crippen MR) is 71.9 cm³/mol. The number of nitrogens with zero attached hydrogens (tertiary/aromatic N) is 2. The van der Waals surface area contributed by atoms with Gasteiger partial charge in [0.1, 0.15) is 6.61 Å². The summed E-state index contributed by atoms with van der Waals surface area (Å²) in [6.45, 7) is 1.81. The van der Waals surface area contributed by atoms with Gasteiger partial charge in [-0.15, -0.1) is 0 Å². The number of nitrogens with one attached hydrogen (secondary N) is 1. The molecule has 0 bridgehead atoms. The van der Waals surface area contributed by atoms with E-state index in [9.17, 15) is 0 Å². The molecule has 1 fully saturated rings. The first-order valence-corrected chi connectivity index (χ1v) is 6.62. The number of imidazole rings is 1. The van der Waals surface area contributed by atoms with Crippen molar-refractivity contribution in [2.45, 2.75) is 25.3 Å². The Morgan fingerprint density at radius 3 is 3.06 bits per heavy atom. The molecule has 18 heavy (non-hydrogen) atoms. The molecule has 4 heteroatoms. The van der Waals surface area contributed by atoms with Crippen LogP contribution in [0.3, 0.4) is 0 Å². The summed E-state index contributed by atoms with van der Waals surface area (Å²) in [5.74, 6) is 0. The molecule has 1 atom stereocenters. The third-order valence-electron chi connectivity index (χ3n) is 3.57. The highest BCUT2D eigenvalue weighted by Crippen LogP contribution is 2.19. The van der Waals surface area contributed by atoms with Gasteiger partial charge in [-0.3, -0.25) is 4.57 Å². The molecule has 0 radical (unpaired) electrons. The fraction of sp³-hybridized carbons (Fsp3) is 0.500. The van der Waals surface area contributed by atoms with Gasteiger partial charge in [-0.1, -0.05) is 18.6 Å². The number of aromatic nitrogens is 2. The molecule has 3 rings (SSSR count). The van der Waals surface area contributed by atoms with E-state index >= 15 is 0 Å². The van der Waals surface area contributed by atoms with E-state index in [0.717, 1.165) is 17.6 Å². The second-order valence-electron chi connectivity index (χ2n) is 4.90. The Kier molecular flexibility index (Phi) is 3.19. The van der Waals surface area contributed by atoms with Crippen molar-refractivity contribution >= 4 is 11.0 Å². The van der Waals surface area contributed by atoms with Crippen molar-refractivity contribution in [2.24, 2.45) is 7.05 Å². The van der Waals surface area contributed by atoms with Crippen LogP contribution in [0.4, 0.5) is 0 Å². The molecule has 1 unspecified atom stereocenters. The number of benzene rings is 1. The lowest BCUT2D eigenvalue weighted by atomic mass is 10.1. The van der Waals surface area contributed by atoms with E-state index in [1.807, 2.05) is 29.8 Å². The van der Waals surface area contributed by atoms with Gasteiger partial charge in [0.2, 0.25) is 0 Å². The summed E-state index contributed by atoms with van der Waals surface area (Å²) >= 11 is 0. The van der Waals surface area contributed by atoms with Gasteiger partial charge in [0.25, 0.3) is 6.01 Å². The van der Waals surface area contributed by atoms with Gasteiger partial charge < -0.3 is 10.1 Å². The minimum atomic E-state index is 0.471. The van der Waals surface area contributed by atoms with Crippen LogP contribution in [-0.2, 0) is 7.05 Å². The van der Waals surface area contributed by atoms with Gasteiger partial charge in [-0.2, -0.15) is 4.98 Å². The third kappa shape index (κ3) is 2.20. The zero-order valence-electron chi connectivity index (χ0n) is 10.7. The third-order valence-corrected chi connectivity index (χ3v) is 3.57. The van der Waals surface area contributed by atoms with E-state index in [1.165, 1.54) is 19.3 Å². The van der Waals surface area contributed by atoms with Crippen molar-refractivity contribution in [1.29, 1.82) is 0 Å². The molecule has 1 aliphatic rings. The Labute approximate surface area is 107 Å². The van der Waals surface area contributed by atoms with E-state index in [-0.39, 0.29) is 0 Å². The highest BCUT2D eigenvalue weighted by atomic mass is 16.5. The number of hydrogen-bond donors (Lipinski definition) is 1. The molecule has 2 aromatic rings. The van der Waals surface area contributed by atoms with Crippen molar-refractivity contribution in [3.8, 4) is 6.01 Å². The molecule has 1 aliphatic heterocycles. The van der Waals surface area contributed by atoms with Crippen LogP contribution in [0.15, 0.2) is 24.3 Å². The van der Waals surface area contributed by atoms with Crippen LogP contribution in [0.1, 0.15) is 19.3 Å². The van der Waals surface area contributed by atoms with Gasteiger partial charge >= 0.3 is 0 Å². The molecule has 0 amide bonds. The van der Waals surface area contributed by atoms with Crippen LogP contribution in [0.5, 0.6) is 6.01 Å². The molecule has 0 saturated carbocycles. The normalized spacial score (nSPS) is 20.2. The number of para-hydroxylation sites is 2. The SMILES string of the molecule is Cn1c(OCC2CCCCN2)nc2ccccc21. The standard InChI is InChI=1S/C14H19N3O/c1-17-13-8-3-2-7-12(13)16-14(17)18-10-11-6-4-5-9-15-11/h2-3,7-8,11,15H,4-6,9-10H2,1H3. The van der Waals surface area contributed by atoms with Gasteiger partial charge in [-0.25, -0.2) is 0 Å². The van der Waals surface area contributed by atoms with Gasteiger partial charge in [0.15, 0.2) is 0 Å². The molecule has 1 aromatic carbocycles. The molecule has 1 N–H and O–H groups in total. The molecule has 0 aliphatic carbocycles. The first-order chi connectivity index (χ1) is 8.84. The van der Waals surface area contributed by atoms with Gasteiger partial charge in [0.05, 0.1) is 11.0 Å². The second-order valence-corrected chi connectivity index (χ2v) is 4.90. The first-order valence-electron chi connectivity index (χ1n) is 6.62. The number of fused-ring (bicyclic) bond motifs is 1. The fourth-order valence-corrected chi connectivity index (χ4v) is 2.49. The maximum atomic E-state index is 5.85. The molecule has 0 spiro atoms. The highest BCUT2D eigenvalue weighted by Gasteiger charge is 2.15. The van der Waals surface area contributed by atoms with E-state index in [2.05, 4.69) is 16.4 Å². The van der Waals surface area contributed by atoms with Crippen LogP contribution >= 0.6 is 0 Å². The van der Waals surface area contributed by atoms with Gasteiger partial charge in [-0.05, 0) is 31.5 Å². The Bertz CT molecular complexity index is 529. The maximum absolute atomic E-state index is 5.85. The molecule has 4 nitrogen and oxygen atoms in total. The zero-order chi connectivity index (χ0) is 12.4. The van der Waals surface area contributed by atoms with E-state index in [1.54, 1.807) is 0 Å². The molecule has 2 heterocycles. The van der Waals surface area contributed by atoms with Crippen molar-refractivity contribution in [2.75, 3.05) is 13.2 Å². The monoisotopic (exact) mass is 245 g/mol. The second kappa shape index (κ2) is 4.98. The molecular weight excluding hydrogens is 226 g/mol. The number of ether oxygens (including phenoxy) is 1. The Morgan fingerprint density at radius 2 is 2.28 bits per heavy atom. The lowest BCUT2D eigenvalue weighted by Gasteiger charge is -2.23. The van der Waals surface area contributed by atoms with E-state index in [4.69, 9.17) is 4.74 Å². The lowest BCUT2D eigenvalue weighted by molar-refractivity contribution is 0.220.